The van der Waals surface area contributed by atoms with Crippen molar-refractivity contribution in [2.45, 2.75) is 0 Å². The third kappa shape index (κ3) is 6.35. The van der Waals surface area contributed by atoms with Gasteiger partial charge in [-0.2, -0.15) is 0 Å². The minimum atomic E-state index is -0.653. The maximum Gasteiger partial charge on any atom is 0.342 e. The minimum Gasteiger partial charge on any atom is -0.492 e. The SMILES string of the molecule is O=C(COC(=O)c1ccccc1Oc1cccnc1)NCCOc1ccccc1. The highest BCUT2D eigenvalue weighted by atomic mass is 16.5. The summed E-state index contributed by atoms with van der Waals surface area (Å²) in [4.78, 5) is 28.2. The van der Waals surface area contributed by atoms with Gasteiger partial charge in [0.15, 0.2) is 6.61 Å². The fourth-order valence-electron chi connectivity index (χ4n) is 2.39. The van der Waals surface area contributed by atoms with Gasteiger partial charge in [0.25, 0.3) is 5.91 Å². The zero-order valence-corrected chi connectivity index (χ0v) is 15.6. The van der Waals surface area contributed by atoms with Gasteiger partial charge in [0.1, 0.15) is 29.4 Å². The first-order valence-electron chi connectivity index (χ1n) is 9.01. The number of esters is 1. The van der Waals surface area contributed by atoms with Crippen LogP contribution in [0.4, 0.5) is 0 Å². The standard InChI is InChI=1S/C22H20N2O5/c25-21(24-13-14-27-17-7-2-1-3-8-17)16-28-22(26)19-10-4-5-11-20(19)29-18-9-6-12-23-15-18/h1-12,15H,13-14,16H2,(H,24,25). The first-order valence-corrected chi connectivity index (χ1v) is 9.01. The topological polar surface area (TPSA) is 86.8 Å². The Bertz CT molecular complexity index is 932. The Hall–Kier alpha value is -3.87. The average molecular weight is 392 g/mol. The highest BCUT2D eigenvalue weighted by Gasteiger charge is 2.15. The number of aromatic nitrogens is 1. The Morgan fingerprint density at radius 2 is 1.66 bits per heavy atom. The van der Waals surface area contributed by atoms with Crippen molar-refractivity contribution in [2.24, 2.45) is 0 Å². The molecule has 0 fully saturated rings. The summed E-state index contributed by atoms with van der Waals surface area (Å²) in [7, 11) is 0. The molecule has 1 aromatic heterocycles. The monoisotopic (exact) mass is 392 g/mol. The molecule has 0 bridgehead atoms. The summed E-state index contributed by atoms with van der Waals surface area (Å²) in [5, 5.41) is 2.63. The van der Waals surface area contributed by atoms with Gasteiger partial charge in [-0.3, -0.25) is 9.78 Å². The van der Waals surface area contributed by atoms with Crippen LogP contribution in [0.5, 0.6) is 17.2 Å². The Morgan fingerprint density at radius 1 is 0.897 bits per heavy atom. The number of hydrogen-bond donors (Lipinski definition) is 1. The quantitative estimate of drug-likeness (QED) is 0.444. The Balaban J connectivity index is 1.45. The molecule has 0 aliphatic rings. The minimum absolute atomic E-state index is 0.219. The number of carbonyl (C=O) groups is 2. The van der Waals surface area contributed by atoms with Gasteiger partial charge < -0.3 is 19.5 Å². The fraction of sp³-hybridized carbons (Fsp3) is 0.136. The second kappa shape index (κ2) is 10.5. The van der Waals surface area contributed by atoms with E-state index in [0.29, 0.717) is 24.7 Å². The molecule has 148 valence electrons. The van der Waals surface area contributed by atoms with Crippen LogP contribution in [-0.4, -0.2) is 36.6 Å². The number of benzene rings is 2. The summed E-state index contributed by atoms with van der Waals surface area (Å²) >= 11 is 0. The van der Waals surface area contributed by atoms with Crippen molar-refractivity contribution in [1.82, 2.24) is 10.3 Å². The molecule has 7 heteroatoms. The van der Waals surface area contributed by atoms with Gasteiger partial charge in [-0.1, -0.05) is 30.3 Å². The molecule has 1 amide bonds. The second-order valence-electron chi connectivity index (χ2n) is 5.87. The van der Waals surface area contributed by atoms with Crippen LogP contribution in [0.25, 0.3) is 0 Å². The third-order valence-electron chi connectivity index (χ3n) is 3.74. The lowest BCUT2D eigenvalue weighted by Crippen LogP contribution is -2.32. The Kier molecular flexibility index (Phi) is 7.17. The van der Waals surface area contributed by atoms with Crippen LogP contribution in [-0.2, 0) is 9.53 Å². The summed E-state index contributed by atoms with van der Waals surface area (Å²) in [5.41, 5.74) is 0.219. The van der Waals surface area contributed by atoms with E-state index in [1.807, 2.05) is 30.3 Å². The molecule has 0 saturated heterocycles. The van der Waals surface area contributed by atoms with E-state index < -0.39 is 18.5 Å². The van der Waals surface area contributed by atoms with Gasteiger partial charge in [-0.15, -0.1) is 0 Å². The van der Waals surface area contributed by atoms with E-state index in [2.05, 4.69) is 10.3 Å². The molecule has 3 rings (SSSR count). The lowest BCUT2D eigenvalue weighted by molar-refractivity contribution is -0.124. The van der Waals surface area contributed by atoms with Crippen molar-refractivity contribution < 1.29 is 23.8 Å². The molecule has 1 heterocycles. The zero-order chi connectivity index (χ0) is 20.3. The van der Waals surface area contributed by atoms with E-state index in [-0.39, 0.29) is 5.56 Å². The predicted molar refractivity (Wildman–Crippen MR) is 106 cm³/mol. The van der Waals surface area contributed by atoms with Crippen LogP contribution in [0.15, 0.2) is 79.1 Å². The number of nitrogens with one attached hydrogen (secondary N) is 1. The maximum atomic E-state index is 12.4. The van der Waals surface area contributed by atoms with Crippen molar-refractivity contribution >= 4 is 11.9 Å². The molecule has 3 aromatic rings. The molecule has 0 atom stereocenters. The van der Waals surface area contributed by atoms with E-state index in [1.165, 1.54) is 6.20 Å². The van der Waals surface area contributed by atoms with Crippen molar-refractivity contribution in [3.63, 3.8) is 0 Å². The molecule has 0 radical (unpaired) electrons. The molecule has 0 unspecified atom stereocenters. The van der Waals surface area contributed by atoms with E-state index in [1.54, 1.807) is 42.6 Å². The molecular weight excluding hydrogens is 372 g/mol. The molecule has 7 nitrogen and oxygen atoms in total. The molecule has 2 aromatic carbocycles. The predicted octanol–water partition coefficient (Wildman–Crippen LogP) is 3.23. The zero-order valence-electron chi connectivity index (χ0n) is 15.6. The summed E-state index contributed by atoms with van der Waals surface area (Å²) in [6, 6.07) is 19.4. The van der Waals surface area contributed by atoms with Gasteiger partial charge in [-0.05, 0) is 36.4 Å². The van der Waals surface area contributed by atoms with Crippen LogP contribution in [0.2, 0.25) is 0 Å². The van der Waals surface area contributed by atoms with E-state index in [9.17, 15) is 9.59 Å². The number of carbonyl (C=O) groups excluding carboxylic acids is 2. The number of ether oxygens (including phenoxy) is 3. The lowest BCUT2D eigenvalue weighted by Gasteiger charge is -2.11. The molecule has 0 aliphatic carbocycles. The number of pyridine rings is 1. The number of para-hydroxylation sites is 2. The Labute approximate surface area is 168 Å². The van der Waals surface area contributed by atoms with Crippen molar-refractivity contribution in [3.8, 4) is 17.2 Å². The number of nitrogens with zero attached hydrogens (tertiary/aromatic N) is 1. The lowest BCUT2D eigenvalue weighted by atomic mass is 10.2. The summed E-state index contributed by atoms with van der Waals surface area (Å²) < 4.78 is 16.3. The van der Waals surface area contributed by atoms with Gasteiger partial charge in [0, 0.05) is 6.20 Å². The normalized spacial score (nSPS) is 10.1. The molecule has 0 spiro atoms. The van der Waals surface area contributed by atoms with Gasteiger partial charge in [0.2, 0.25) is 0 Å². The van der Waals surface area contributed by atoms with Crippen molar-refractivity contribution in [3.05, 3.63) is 84.7 Å². The van der Waals surface area contributed by atoms with E-state index >= 15 is 0 Å². The first kappa shape index (κ1) is 19.9. The second-order valence-corrected chi connectivity index (χ2v) is 5.87. The van der Waals surface area contributed by atoms with E-state index in [0.717, 1.165) is 5.75 Å². The molecule has 0 aliphatic heterocycles. The maximum absolute atomic E-state index is 12.4. The van der Waals surface area contributed by atoms with E-state index in [4.69, 9.17) is 14.2 Å². The highest BCUT2D eigenvalue weighted by Crippen LogP contribution is 2.25. The van der Waals surface area contributed by atoms with Crippen LogP contribution >= 0.6 is 0 Å². The third-order valence-corrected chi connectivity index (χ3v) is 3.74. The van der Waals surface area contributed by atoms with Crippen LogP contribution < -0.4 is 14.8 Å². The molecular formula is C22H20N2O5. The summed E-state index contributed by atoms with van der Waals surface area (Å²) in [6.07, 6.45) is 3.16. The number of hydrogen-bond acceptors (Lipinski definition) is 6. The fourth-order valence-corrected chi connectivity index (χ4v) is 2.39. The molecule has 29 heavy (non-hydrogen) atoms. The molecule has 1 N–H and O–H groups in total. The Morgan fingerprint density at radius 3 is 2.45 bits per heavy atom. The smallest absolute Gasteiger partial charge is 0.342 e. The number of amides is 1. The van der Waals surface area contributed by atoms with Crippen LogP contribution in [0.3, 0.4) is 0 Å². The number of rotatable bonds is 9. The van der Waals surface area contributed by atoms with Crippen LogP contribution in [0, 0.1) is 0 Å². The largest absolute Gasteiger partial charge is 0.492 e. The first-order chi connectivity index (χ1) is 14.2. The average Bonchev–Trinajstić information content (AvgIpc) is 2.77. The summed E-state index contributed by atoms with van der Waals surface area (Å²) in [6.45, 7) is 0.211. The van der Waals surface area contributed by atoms with Gasteiger partial charge in [0.05, 0.1) is 12.7 Å². The van der Waals surface area contributed by atoms with Crippen LogP contribution in [0.1, 0.15) is 10.4 Å². The molecule has 0 saturated carbocycles. The van der Waals surface area contributed by atoms with Crippen molar-refractivity contribution in [2.75, 3.05) is 19.8 Å². The van der Waals surface area contributed by atoms with Gasteiger partial charge in [-0.25, -0.2) is 4.79 Å². The summed E-state index contributed by atoms with van der Waals surface area (Å²) in [5.74, 6) is 0.463. The van der Waals surface area contributed by atoms with Crippen molar-refractivity contribution in [1.29, 1.82) is 0 Å². The van der Waals surface area contributed by atoms with Gasteiger partial charge >= 0.3 is 5.97 Å². The highest BCUT2D eigenvalue weighted by molar-refractivity contribution is 5.94.